The molecule has 0 bridgehead atoms. The molecule has 0 saturated carbocycles. The van der Waals surface area contributed by atoms with Gasteiger partial charge in [0.25, 0.3) is 0 Å². The number of hydrogen-bond acceptors (Lipinski definition) is 5. The van der Waals surface area contributed by atoms with Gasteiger partial charge in [-0.05, 0) is 12.3 Å². The molecule has 0 aromatic carbocycles. The largest absolute Gasteiger partial charge is 0.396 e. The van der Waals surface area contributed by atoms with Crippen LogP contribution in [0.1, 0.15) is 6.42 Å². The van der Waals surface area contributed by atoms with Crippen LogP contribution in [0.2, 0.25) is 0 Å². The summed E-state index contributed by atoms with van der Waals surface area (Å²) < 4.78 is 0. The summed E-state index contributed by atoms with van der Waals surface area (Å²) in [4.78, 5) is 0. The van der Waals surface area contributed by atoms with Gasteiger partial charge in [-0.3, -0.25) is 0 Å². The first-order valence-corrected chi connectivity index (χ1v) is 4.25. The second kappa shape index (κ2) is 6.28. The van der Waals surface area contributed by atoms with E-state index in [0.717, 1.165) is 0 Å². The average Bonchev–Trinajstić information content (AvgIpc) is 2.19. The van der Waals surface area contributed by atoms with Crippen molar-refractivity contribution in [3.05, 3.63) is 0 Å². The first-order valence-electron chi connectivity index (χ1n) is 4.25. The molecule has 80 valence electrons. The molecule has 5 nitrogen and oxygen atoms in total. The molecule has 0 aromatic heterocycles. The topological polar surface area (TPSA) is 101 Å². The Morgan fingerprint density at radius 3 is 1.54 bits per heavy atom. The summed E-state index contributed by atoms with van der Waals surface area (Å²) in [6, 6.07) is 0. The van der Waals surface area contributed by atoms with Gasteiger partial charge in [0.2, 0.25) is 0 Å². The summed E-state index contributed by atoms with van der Waals surface area (Å²) in [5, 5.41) is 44.6. The molecule has 5 heteroatoms. The van der Waals surface area contributed by atoms with Crippen molar-refractivity contribution >= 4 is 0 Å². The Kier molecular flexibility index (Phi) is 6.19. The second-order valence-corrected chi connectivity index (χ2v) is 3.23. The normalized spacial score (nSPS) is 14.5. The van der Waals surface area contributed by atoms with Crippen LogP contribution in [0.5, 0.6) is 0 Å². The Balaban J connectivity index is 4.45. The molecule has 0 saturated heterocycles. The molecule has 0 amide bonds. The van der Waals surface area contributed by atoms with E-state index in [0.29, 0.717) is 0 Å². The molecule has 0 radical (unpaired) electrons. The van der Waals surface area contributed by atoms with Gasteiger partial charge in [-0.25, -0.2) is 0 Å². The van der Waals surface area contributed by atoms with Crippen LogP contribution in [-0.4, -0.2) is 58.6 Å². The molecule has 0 rings (SSSR count). The molecule has 0 aliphatic carbocycles. The smallest absolute Gasteiger partial charge is 0.0535 e. The zero-order valence-electron chi connectivity index (χ0n) is 7.56. The van der Waals surface area contributed by atoms with Crippen LogP contribution in [-0.2, 0) is 0 Å². The highest BCUT2D eigenvalue weighted by atomic mass is 16.3. The van der Waals surface area contributed by atoms with Gasteiger partial charge < -0.3 is 25.5 Å². The monoisotopic (exact) mass is 194 g/mol. The Morgan fingerprint density at radius 2 is 1.31 bits per heavy atom. The minimum atomic E-state index is -1.10. The molecular formula is C8H18O5. The lowest BCUT2D eigenvalue weighted by atomic mass is 9.76. The molecular weight excluding hydrogens is 176 g/mol. The van der Waals surface area contributed by atoms with E-state index in [9.17, 15) is 0 Å². The van der Waals surface area contributed by atoms with Crippen molar-refractivity contribution in [1.29, 1.82) is 0 Å². The van der Waals surface area contributed by atoms with E-state index in [1.807, 2.05) is 0 Å². The minimum Gasteiger partial charge on any atom is -0.396 e. The summed E-state index contributed by atoms with van der Waals surface area (Å²) in [5.41, 5.74) is -1.10. The zero-order valence-corrected chi connectivity index (χ0v) is 7.56. The predicted octanol–water partition coefficient (Wildman–Crippen LogP) is -2.06. The van der Waals surface area contributed by atoms with Crippen molar-refractivity contribution in [3.8, 4) is 0 Å². The Hall–Kier alpha value is -0.200. The quantitative estimate of drug-likeness (QED) is 0.321. The van der Waals surface area contributed by atoms with E-state index >= 15 is 0 Å². The Morgan fingerprint density at radius 1 is 0.846 bits per heavy atom. The van der Waals surface area contributed by atoms with Crippen molar-refractivity contribution in [3.63, 3.8) is 0 Å². The van der Waals surface area contributed by atoms with Crippen LogP contribution < -0.4 is 0 Å². The van der Waals surface area contributed by atoms with Crippen LogP contribution >= 0.6 is 0 Å². The van der Waals surface area contributed by atoms with Crippen LogP contribution in [0.3, 0.4) is 0 Å². The van der Waals surface area contributed by atoms with Crippen molar-refractivity contribution in [2.24, 2.45) is 11.3 Å². The highest BCUT2D eigenvalue weighted by molar-refractivity contribution is 4.84. The van der Waals surface area contributed by atoms with Gasteiger partial charge >= 0.3 is 0 Å². The third-order valence-corrected chi connectivity index (χ3v) is 2.51. The summed E-state index contributed by atoms with van der Waals surface area (Å²) in [5.74, 6) is -0.488. The Bertz CT molecular complexity index is 115. The van der Waals surface area contributed by atoms with Gasteiger partial charge in [-0.2, -0.15) is 0 Å². The molecule has 0 aliphatic heterocycles. The first kappa shape index (κ1) is 12.8. The van der Waals surface area contributed by atoms with Crippen molar-refractivity contribution in [1.82, 2.24) is 0 Å². The average molecular weight is 194 g/mol. The van der Waals surface area contributed by atoms with Crippen molar-refractivity contribution < 1.29 is 25.5 Å². The molecule has 0 aromatic rings. The summed E-state index contributed by atoms with van der Waals surface area (Å²) >= 11 is 0. The number of rotatable bonds is 7. The lowest BCUT2D eigenvalue weighted by Gasteiger charge is -2.34. The van der Waals surface area contributed by atoms with Crippen LogP contribution in [0.25, 0.3) is 0 Å². The van der Waals surface area contributed by atoms with Crippen LogP contribution in [0.4, 0.5) is 0 Å². The van der Waals surface area contributed by atoms with Crippen molar-refractivity contribution in [2.75, 3.05) is 33.0 Å². The maximum absolute atomic E-state index is 8.99. The fourth-order valence-corrected chi connectivity index (χ4v) is 1.28. The molecule has 1 unspecified atom stereocenters. The third-order valence-electron chi connectivity index (χ3n) is 2.51. The highest BCUT2D eigenvalue weighted by Gasteiger charge is 2.36. The Labute approximate surface area is 77.3 Å². The maximum Gasteiger partial charge on any atom is 0.0535 e. The van der Waals surface area contributed by atoms with Gasteiger partial charge in [-0.15, -0.1) is 0 Å². The van der Waals surface area contributed by atoms with Gasteiger partial charge in [0.1, 0.15) is 0 Å². The van der Waals surface area contributed by atoms with E-state index in [-0.39, 0.29) is 19.6 Å². The van der Waals surface area contributed by atoms with Gasteiger partial charge in [0.15, 0.2) is 0 Å². The molecule has 0 spiro atoms. The van der Waals surface area contributed by atoms with E-state index < -0.39 is 31.2 Å². The van der Waals surface area contributed by atoms with Gasteiger partial charge in [-0.1, -0.05) is 0 Å². The van der Waals surface area contributed by atoms with Crippen LogP contribution in [0, 0.1) is 11.3 Å². The molecule has 5 N–H and O–H groups in total. The predicted molar refractivity (Wildman–Crippen MR) is 46.0 cm³/mol. The molecule has 0 heterocycles. The SMILES string of the molecule is OCCC(CO)C(CO)(CO)CO. The lowest BCUT2D eigenvalue weighted by molar-refractivity contribution is -0.0611. The van der Waals surface area contributed by atoms with Crippen molar-refractivity contribution in [2.45, 2.75) is 6.42 Å². The zero-order chi connectivity index (χ0) is 10.3. The fraction of sp³-hybridized carbons (Fsp3) is 1.00. The molecule has 13 heavy (non-hydrogen) atoms. The second-order valence-electron chi connectivity index (χ2n) is 3.23. The standard InChI is InChI=1S/C8H18O5/c9-2-1-7(3-10)8(4-11,5-12)6-13/h7,9-13H,1-6H2. The number of aliphatic hydroxyl groups is 5. The summed E-state index contributed by atoms with van der Waals surface area (Å²) in [7, 11) is 0. The first-order chi connectivity index (χ1) is 6.20. The molecule has 0 fully saturated rings. The molecule has 1 atom stereocenters. The number of hydrogen-bond donors (Lipinski definition) is 5. The van der Waals surface area contributed by atoms with E-state index in [1.165, 1.54) is 0 Å². The maximum atomic E-state index is 8.99. The van der Waals surface area contributed by atoms with Crippen LogP contribution in [0.15, 0.2) is 0 Å². The van der Waals surface area contributed by atoms with Gasteiger partial charge in [0.05, 0.1) is 19.8 Å². The number of aliphatic hydroxyl groups excluding tert-OH is 5. The molecule has 0 aliphatic rings. The lowest BCUT2D eigenvalue weighted by Crippen LogP contribution is -2.43. The van der Waals surface area contributed by atoms with E-state index in [2.05, 4.69) is 0 Å². The third kappa shape index (κ3) is 2.89. The summed E-state index contributed by atoms with van der Waals surface area (Å²) in [6.07, 6.45) is 0.248. The van der Waals surface area contributed by atoms with E-state index in [1.54, 1.807) is 0 Å². The fourth-order valence-electron chi connectivity index (χ4n) is 1.28. The summed E-state index contributed by atoms with van der Waals surface area (Å²) in [6.45, 7) is -1.66. The van der Waals surface area contributed by atoms with Gasteiger partial charge in [0, 0.05) is 18.6 Å². The highest BCUT2D eigenvalue weighted by Crippen LogP contribution is 2.28. The minimum absolute atomic E-state index is 0.146. The van der Waals surface area contributed by atoms with E-state index in [4.69, 9.17) is 25.5 Å².